The lowest BCUT2D eigenvalue weighted by molar-refractivity contribution is 0.621. The molecule has 0 aliphatic heterocycles. The molecular weight excluding hydrogens is 301 g/mol. The number of aromatic nitrogens is 2. The molecule has 0 radical (unpaired) electrons. The maximum atomic E-state index is 13.5. The third-order valence-electron chi connectivity index (χ3n) is 2.27. The predicted molar refractivity (Wildman–Crippen MR) is 68.7 cm³/mol. The van der Waals surface area contributed by atoms with Gasteiger partial charge in [-0.3, -0.25) is 0 Å². The van der Waals surface area contributed by atoms with Gasteiger partial charge in [0.05, 0.1) is 10.2 Å². The fourth-order valence-corrected chi connectivity index (χ4v) is 1.94. The van der Waals surface area contributed by atoms with Crippen molar-refractivity contribution in [1.82, 2.24) is 9.97 Å². The number of nitrogen functional groups attached to an aromatic ring is 2. The molecular formula is C11H7BrFN5. The molecule has 2 aromatic rings. The first-order chi connectivity index (χ1) is 8.54. The van der Waals surface area contributed by atoms with Crippen LogP contribution in [-0.2, 0) is 0 Å². The van der Waals surface area contributed by atoms with Crippen molar-refractivity contribution in [1.29, 1.82) is 5.26 Å². The molecule has 0 saturated heterocycles. The molecule has 1 aromatic heterocycles. The maximum Gasteiger partial charge on any atom is 0.222 e. The summed E-state index contributed by atoms with van der Waals surface area (Å²) in [4.78, 5) is 7.64. The van der Waals surface area contributed by atoms with Gasteiger partial charge in [0.15, 0.2) is 0 Å². The van der Waals surface area contributed by atoms with Gasteiger partial charge in [-0.25, -0.2) is 9.37 Å². The molecule has 0 aliphatic rings. The van der Waals surface area contributed by atoms with E-state index < -0.39 is 5.82 Å². The van der Waals surface area contributed by atoms with Crippen LogP contribution in [0.1, 0.15) is 5.56 Å². The first-order valence-electron chi connectivity index (χ1n) is 4.82. The zero-order valence-corrected chi connectivity index (χ0v) is 10.6. The van der Waals surface area contributed by atoms with Crippen LogP contribution in [0.3, 0.4) is 0 Å². The summed E-state index contributed by atoms with van der Waals surface area (Å²) in [6.45, 7) is 0. The van der Waals surface area contributed by atoms with Crippen LogP contribution < -0.4 is 11.5 Å². The molecule has 0 atom stereocenters. The van der Waals surface area contributed by atoms with Crippen molar-refractivity contribution in [2.45, 2.75) is 0 Å². The number of hydrogen-bond acceptors (Lipinski definition) is 5. The van der Waals surface area contributed by atoms with E-state index in [1.807, 2.05) is 6.07 Å². The summed E-state index contributed by atoms with van der Waals surface area (Å²) >= 11 is 3.10. The zero-order chi connectivity index (χ0) is 13.3. The van der Waals surface area contributed by atoms with Crippen molar-refractivity contribution in [3.63, 3.8) is 0 Å². The second-order valence-electron chi connectivity index (χ2n) is 3.40. The topological polar surface area (TPSA) is 102 Å². The van der Waals surface area contributed by atoms with Crippen LogP contribution in [-0.4, -0.2) is 9.97 Å². The minimum Gasteiger partial charge on any atom is -0.382 e. The van der Waals surface area contributed by atoms with Crippen LogP contribution in [0, 0.1) is 17.1 Å². The van der Waals surface area contributed by atoms with E-state index in [0.29, 0.717) is 5.56 Å². The van der Waals surface area contributed by atoms with E-state index in [1.54, 1.807) is 6.07 Å². The van der Waals surface area contributed by atoms with Crippen LogP contribution in [0.2, 0.25) is 0 Å². The minimum atomic E-state index is -0.466. The predicted octanol–water partition coefficient (Wildman–Crippen LogP) is 2.08. The third kappa shape index (κ3) is 1.98. The Bertz CT molecular complexity index is 665. The van der Waals surface area contributed by atoms with Crippen LogP contribution in [0.5, 0.6) is 0 Å². The molecule has 1 heterocycles. The van der Waals surface area contributed by atoms with Gasteiger partial charge in [-0.15, -0.1) is 0 Å². The second kappa shape index (κ2) is 4.58. The molecule has 0 aliphatic carbocycles. The summed E-state index contributed by atoms with van der Waals surface area (Å²) < 4.78 is 13.7. The lowest BCUT2D eigenvalue weighted by Gasteiger charge is -2.08. The summed E-state index contributed by atoms with van der Waals surface area (Å²) in [6.07, 6.45) is 0. The molecule has 90 valence electrons. The first kappa shape index (κ1) is 12.3. The molecule has 7 heteroatoms. The Kier molecular flexibility index (Phi) is 3.12. The van der Waals surface area contributed by atoms with Gasteiger partial charge in [0.2, 0.25) is 5.95 Å². The van der Waals surface area contributed by atoms with Gasteiger partial charge < -0.3 is 11.5 Å². The minimum absolute atomic E-state index is 0.0313. The first-order valence-corrected chi connectivity index (χ1v) is 5.61. The van der Waals surface area contributed by atoms with Gasteiger partial charge in [0, 0.05) is 5.56 Å². The number of halogens is 2. The Morgan fingerprint density at radius 1 is 1.28 bits per heavy atom. The lowest BCUT2D eigenvalue weighted by atomic mass is 10.1. The molecule has 18 heavy (non-hydrogen) atoms. The van der Waals surface area contributed by atoms with Gasteiger partial charge in [-0.05, 0) is 22.0 Å². The molecule has 5 nitrogen and oxygen atoms in total. The fraction of sp³-hybridized carbons (Fsp3) is 0. The summed E-state index contributed by atoms with van der Waals surface area (Å²) in [5, 5.41) is 9.05. The second-order valence-corrected chi connectivity index (χ2v) is 4.20. The smallest absolute Gasteiger partial charge is 0.222 e. The maximum absolute atomic E-state index is 13.5. The standard InChI is InChI=1S/C11H7BrFN5/c12-8-5(2-1-3-7(8)13)9-6(4-14)10(15)18-11(16)17-9/h1-3H,(H4,15,16,17,18). The van der Waals surface area contributed by atoms with Gasteiger partial charge in [0.1, 0.15) is 23.3 Å². The van der Waals surface area contributed by atoms with Crippen molar-refractivity contribution < 1.29 is 4.39 Å². The normalized spacial score (nSPS) is 10.1. The van der Waals surface area contributed by atoms with Gasteiger partial charge in [-0.1, -0.05) is 12.1 Å². The highest BCUT2D eigenvalue weighted by Gasteiger charge is 2.16. The Balaban J connectivity index is 2.79. The quantitative estimate of drug-likeness (QED) is 0.840. The third-order valence-corrected chi connectivity index (χ3v) is 3.08. The number of benzene rings is 1. The van der Waals surface area contributed by atoms with Gasteiger partial charge in [0.25, 0.3) is 0 Å². The largest absolute Gasteiger partial charge is 0.382 e. The monoisotopic (exact) mass is 307 g/mol. The zero-order valence-electron chi connectivity index (χ0n) is 8.98. The van der Waals surface area contributed by atoms with Crippen molar-refractivity contribution >= 4 is 27.7 Å². The molecule has 0 unspecified atom stereocenters. The number of nitrogens with zero attached hydrogens (tertiary/aromatic N) is 3. The lowest BCUT2D eigenvalue weighted by Crippen LogP contribution is -2.05. The molecule has 2 rings (SSSR count). The van der Waals surface area contributed by atoms with E-state index in [1.165, 1.54) is 12.1 Å². The van der Waals surface area contributed by atoms with Crippen molar-refractivity contribution in [3.05, 3.63) is 34.1 Å². The van der Waals surface area contributed by atoms with Gasteiger partial charge in [-0.2, -0.15) is 10.2 Å². The van der Waals surface area contributed by atoms with E-state index in [-0.39, 0.29) is 27.5 Å². The van der Waals surface area contributed by atoms with E-state index in [2.05, 4.69) is 25.9 Å². The number of hydrogen-bond donors (Lipinski definition) is 2. The van der Waals surface area contributed by atoms with Crippen LogP contribution >= 0.6 is 15.9 Å². The van der Waals surface area contributed by atoms with Crippen LogP contribution in [0.15, 0.2) is 22.7 Å². The average Bonchev–Trinajstić information content (AvgIpc) is 2.32. The average molecular weight is 308 g/mol. The van der Waals surface area contributed by atoms with Crippen molar-refractivity contribution in [2.24, 2.45) is 0 Å². The number of anilines is 2. The molecule has 1 aromatic carbocycles. The fourth-order valence-electron chi connectivity index (χ4n) is 1.49. The molecule has 4 N–H and O–H groups in total. The van der Waals surface area contributed by atoms with Crippen LogP contribution in [0.25, 0.3) is 11.3 Å². The van der Waals surface area contributed by atoms with Crippen LogP contribution in [0.4, 0.5) is 16.2 Å². The highest BCUT2D eigenvalue weighted by atomic mass is 79.9. The summed E-state index contributed by atoms with van der Waals surface area (Å²) in [7, 11) is 0. The Morgan fingerprint density at radius 3 is 2.67 bits per heavy atom. The molecule has 0 saturated carbocycles. The number of rotatable bonds is 1. The summed E-state index contributed by atoms with van der Waals surface area (Å²) in [5.74, 6) is -0.569. The Morgan fingerprint density at radius 2 is 2.00 bits per heavy atom. The summed E-state index contributed by atoms with van der Waals surface area (Å²) in [6, 6.07) is 6.28. The van der Waals surface area contributed by atoms with E-state index >= 15 is 0 Å². The Labute approximate surface area is 110 Å². The van der Waals surface area contributed by atoms with Crippen molar-refractivity contribution in [3.8, 4) is 17.3 Å². The van der Waals surface area contributed by atoms with Gasteiger partial charge >= 0.3 is 0 Å². The molecule has 0 amide bonds. The van der Waals surface area contributed by atoms with E-state index in [4.69, 9.17) is 16.7 Å². The number of nitriles is 1. The summed E-state index contributed by atoms with van der Waals surface area (Å²) in [5.41, 5.74) is 11.7. The SMILES string of the molecule is N#Cc1c(N)nc(N)nc1-c1cccc(F)c1Br. The number of nitrogens with two attached hydrogens (primary N) is 2. The van der Waals surface area contributed by atoms with E-state index in [0.717, 1.165) is 0 Å². The highest BCUT2D eigenvalue weighted by molar-refractivity contribution is 9.10. The van der Waals surface area contributed by atoms with E-state index in [9.17, 15) is 4.39 Å². The molecule has 0 spiro atoms. The molecule has 0 bridgehead atoms. The Hall–Kier alpha value is -2.20. The highest BCUT2D eigenvalue weighted by Crippen LogP contribution is 2.32. The molecule has 0 fully saturated rings. The van der Waals surface area contributed by atoms with Crippen molar-refractivity contribution in [2.75, 3.05) is 11.5 Å².